The molecule has 0 fully saturated rings. The predicted molar refractivity (Wildman–Crippen MR) is 93.2 cm³/mol. The lowest BCUT2D eigenvalue weighted by Gasteiger charge is -2.23. The molecule has 1 aliphatic rings. The van der Waals surface area contributed by atoms with Gasteiger partial charge in [-0.1, -0.05) is 6.07 Å². The van der Waals surface area contributed by atoms with Crippen molar-refractivity contribution < 1.29 is 9.47 Å². The molecule has 2 rings (SSSR count). The van der Waals surface area contributed by atoms with Gasteiger partial charge in [-0.25, -0.2) is 0 Å². The highest BCUT2D eigenvalue weighted by Gasteiger charge is 2.16. The minimum atomic E-state index is 0.189. The monoisotopic (exact) mass is 323 g/mol. The van der Waals surface area contributed by atoms with Crippen molar-refractivity contribution in [1.82, 2.24) is 10.6 Å². The third kappa shape index (κ3) is 4.73. The molecule has 0 amide bonds. The molecule has 0 spiro atoms. The van der Waals surface area contributed by atoms with E-state index in [1.54, 1.807) is 7.05 Å². The van der Waals surface area contributed by atoms with Crippen molar-refractivity contribution in [3.63, 3.8) is 0 Å². The fraction of sp³-hybridized carbons (Fsp3) is 0.562. The number of guanidine groups is 1. The number of benzene rings is 1. The highest BCUT2D eigenvalue weighted by molar-refractivity contribution is 7.99. The third-order valence-corrected chi connectivity index (χ3v) is 4.85. The topological polar surface area (TPSA) is 54.9 Å². The molecular formula is C16H25N3O2S. The minimum Gasteiger partial charge on any atom is -0.454 e. The molecule has 1 aromatic rings. The van der Waals surface area contributed by atoms with E-state index in [0.29, 0.717) is 6.79 Å². The highest BCUT2D eigenvalue weighted by Crippen LogP contribution is 2.32. The molecule has 1 aliphatic heterocycles. The summed E-state index contributed by atoms with van der Waals surface area (Å²) in [5.41, 5.74) is 1.22. The molecular weight excluding hydrogens is 298 g/mol. The molecule has 22 heavy (non-hydrogen) atoms. The molecule has 0 aromatic heterocycles. The Morgan fingerprint density at radius 2 is 2.05 bits per heavy atom. The molecule has 0 radical (unpaired) electrons. The van der Waals surface area contributed by atoms with Crippen LogP contribution in [0, 0.1) is 0 Å². The summed E-state index contributed by atoms with van der Waals surface area (Å²) >= 11 is 1.84. The SMILES string of the molecule is CN=C(NCCc1ccc2c(c1)OCO2)NCC(C)(C)SC. The maximum Gasteiger partial charge on any atom is 0.231 e. The average molecular weight is 323 g/mol. The first-order valence-electron chi connectivity index (χ1n) is 7.42. The lowest BCUT2D eigenvalue weighted by molar-refractivity contribution is 0.174. The first-order chi connectivity index (χ1) is 10.5. The van der Waals surface area contributed by atoms with Crippen LogP contribution in [0.3, 0.4) is 0 Å². The van der Waals surface area contributed by atoms with Crippen molar-refractivity contribution in [3.8, 4) is 11.5 Å². The number of hydrogen-bond donors (Lipinski definition) is 2. The van der Waals surface area contributed by atoms with Crippen LogP contribution < -0.4 is 20.1 Å². The van der Waals surface area contributed by atoms with Crippen LogP contribution >= 0.6 is 11.8 Å². The Balaban J connectivity index is 1.77. The summed E-state index contributed by atoms with van der Waals surface area (Å²) in [7, 11) is 1.79. The molecule has 0 bridgehead atoms. The van der Waals surface area contributed by atoms with Gasteiger partial charge >= 0.3 is 0 Å². The van der Waals surface area contributed by atoms with Crippen molar-refractivity contribution in [2.75, 3.05) is 33.2 Å². The van der Waals surface area contributed by atoms with E-state index in [2.05, 4.69) is 41.8 Å². The van der Waals surface area contributed by atoms with Gasteiger partial charge in [0.25, 0.3) is 0 Å². The number of hydrogen-bond acceptors (Lipinski definition) is 4. The van der Waals surface area contributed by atoms with E-state index in [4.69, 9.17) is 9.47 Å². The maximum atomic E-state index is 5.40. The number of thioether (sulfide) groups is 1. The summed E-state index contributed by atoms with van der Waals surface area (Å²) in [6.45, 7) is 6.44. The molecule has 0 saturated heterocycles. The fourth-order valence-electron chi connectivity index (χ4n) is 2.01. The van der Waals surface area contributed by atoms with Crippen LogP contribution in [0.4, 0.5) is 0 Å². The second-order valence-electron chi connectivity index (χ2n) is 5.75. The maximum absolute atomic E-state index is 5.40. The van der Waals surface area contributed by atoms with Crippen LogP contribution in [-0.2, 0) is 6.42 Å². The zero-order chi connectivity index (χ0) is 16.0. The van der Waals surface area contributed by atoms with Crippen LogP contribution in [0.5, 0.6) is 11.5 Å². The Bertz CT molecular complexity index is 532. The molecule has 5 nitrogen and oxygen atoms in total. The van der Waals surface area contributed by atoms with E-state index in [1.807, 2.05) is 23.9 Å². The summed E-state index contributed by atoms with van der Waals surface area (Å²) in [6, 6.07) is 6.07. The van der Waals surface area contributed by atoms with Gasteiger partial charge in [-0.2, -0.15) is 11.8 Å². The molecule has 1 heterocycles. The van der Waals surface area contributed by atoms with Crippen LogP contribution in [0.2, 0.25) is 0 Å². The average Bonchev–Trinajstić information content (AvgIpc) is 2.98. The minimum absolute atomic E-state index is 0.189. The van der Waals surface area contributed by atoms with Gasteiger partial charge in [0.15, 0.2) is 17.5 Å². The largest absolute Gasteiger partial charge is 0.454 e. The molecule has 2 N–H and O–H groups in total. The van der Waals surface area contributed by atoms with E-state index in [1.165, 1.54) is 5.56 Å². The number of aliphatic imine (C=N–C) groups is 1. The van der Waals surface area contributed by atoms with Crippen molar-refractivity contribution in [1.29, 1.82) is 0 Å². The van der Waals surface area contributed by atoms with E-state index < -0.39 is 0 Å². The van der Waals surface area contributed by atoms with E-state index >= 15 is 0 Å². The summed E-state index contributed by atoms with van der Waals surface area (Å²) in [5, 5.41) is 6.70. The summed E-state index contributed by atoms with van der Waals surface area (Å²) in [4.78, 5) is 4.25. The second kappa shape index (κ2) is 7.63. The summed E-state index contributed by atoms with van der Waals surface area (Å²) in [5.74, 6) is 2.50. The lowest BCUT2D eigenvalue weighted by Crippen LogP contribution is -2.43. The molecule has 1 aromatic carbocycles. The first-order valence-corrected chi connectivity index (χ1v) is 8.65. The normalized spacial score (nSPS) is 14.1. The smallest absolute Gasteiger partial charge is 0.231 e. The van der Waals surface area contributed by atoms with Crippen molar-refractivity contribution in [2.45, 2.75) is 25.0 Å². The van der Waals surface area contributed by atoms with Gasteiger partial charge in [0.05, 0.1) is 0 Å². The Labute approximate surface area is 136 Å². The van der Waals surface area contributed by atoms with Gasteiger partial charge in [-0.3, -0.25) is 4.99 Å². The van der Waals surface area contributed by atoms with Gasteiger partial charge < -0.3 is 20.1 Å². The van der Waals surface area contributed by atoms with Crippen LogP contribution in [0.1, 0.15) is 19.4 Å². The molecule has 122 valence electrons. The Hall–Kier alpha value is -1.56. The molecule has 6 heteroatoms. The zero-order valence-electron chi connectivity index (χ0n) is 13.7. The Morgan fingerprint density at radius 1 is 1.27 bits per heavy atom. The Kier molecular flexibility index (Phi) is 5.83. The standard InChI is InChI=1S/C16H25N3O2S/c1-16(2,22-4)10-19-15(17-3)18-8-7-12-5-6-13-14(9-12)21-11-20-13/h5-6,9H,7-8,10-11H2,1-4H3,(H2,17,18,19). The van der Waals surface area contributed by atoms with E-state index in [0.717, 1.165) is 37.0 Å². The number of fused-ring (bicyclic) bond motifs is 1. The number of nitrogens with zero attached hydrogens (tertiary/aromatic N) is 1. The first kappa shape index (κ1) is 16.8. The molecule has 0 unspecified atom stereocenters. The van der Waals surface area contributed by atoms with E-state index in [-0.39, 0.29) is 4.75 Å². The lowest BCUT2D eigenvalue weighted by atomic mass is 10.1. The quantitative estimate of drug-likeness (QED) is 0.621. The van der Waals surface area contributed by atoms with E-state index in [9.17, 15) is 0 Å². The van der Waals surface area contributed by atoms with Crippen LogP contribution in [0.25, 0.3) is 0 Å². The summed E-state index contributed by atoms with van der Waals surface area (Å²) in [6.07, 6.45) is 3.03. The van der Waals surface area contributed by atoms with Gasteiger partial charge in [0.2, 0.25) is 6.79 Å². The predicted octanol–water partition coefficient (Wildman–Crippen LogP) is 2.26. The zero-order valence-corrected chi connectivity index (χ0v) is 14.5. The van der Waals surface area contributed by atoms with Crippen molar-refractivity contribution >= 4 is 17.7 Å². The number of ether oxygens (including phenoxy) is 2. The van der Waals surface area contributed by atoms with Gasteiger partial charge in [0.1, 0.15) is 0 Å². The summed E-state index contributed by atoms with van der Waals surface area (Å²) < 4.78 is 10.9. The van der Waals surface area contributed by atoms with Crippen LogP contribution in [-0.4, -0.2) is 43.9 Å². The Morgan fingerprint density at radius 3 is 2.77 bits per heavy atom. The molecule has 0 aliphatic carbocycles. The van der Waals surface area contributed by atoms with Gasteiger partial charge in [-0.15, -0.1) is 0 Å². The highest BCUT2D eigenvalue weighted by atomic mass is 32.2. The molecule has 0 saturated carbocycles. The number of rotatable bonds is 6. The second-order valence-corrected chi connectivity index (χ2v) is 7.27. The van der Waals surface area contributed by atoms with Crippen molar-refractivity contribution in [3.05, 3.63) is 23.8 Å². The molecule has 0 atom stereocenters. The number of nitrogens with one attached hydrogen (secondary N) is 2. The fourth-order valence-corrected chi connectivity index (χ4v) is 2.23. The van der Waals surface area contributed by atoms with Crippen LogP contribution in [0.15, 0.2) is 23.2 Å². The van der Waals surface area contributed by atoms with Crippen molar-refractivity contribution in [2.24, 2.45) is 4.99 Å². The third-order valence-electron chi connectivity index (χ3n) is 3.60. The van der Waals surface area contributed by atoms with Gasteiger partial charge in [-0.05, 0) is 44.2 Å². The van der Waals surface area contributed by atoms with Gasteiger partial charge in [0, 0.05) is 24.9 Å².